The zero-order valence-electron chi connectivity index (χ0n) is 29.8. The van der Waals surface area contributed by atoms with Crippen LogP contribution in [0.15, 0.2) is 42.5 Å². The van der Waals surface area contributed by atoms with Gasteiger partial charge in [0.1, 0.15) is 11.9 Å². The summed E-state index contributed by atoms with van der Waals surface area (Å²) in [6.45, 7) is 5.18. The number of Topliss-reactive ketones (excluding diaryl/α,β-unsaturated/α-hetero) is 1. The lowest BCUT2D eigenvalue weighted by molar-refractivity contribution is -0.144. The molecule has 5 aliphatic rings. The van der Waals surface area contributed by atoms with Gasteiger partial charge in [0.25, 0.3) is 0 Å². The first-order valence-electron chi connectivity index (χ1n) is 19.4. The van der Waals surface area contributed by atoms with Crippen molar-refractivity contribution in [3.63, 3.8) is 0 Å². The number of nitrogens with zero attached hydrogens (tertiary/aromatic N) is 2. The van der Waals surface area contributed by atoms with Crippen LogP contribution in [0.5, 0.6) is 11.5 Å². The molecule has 2 saturated carbocycles. The topological polar surface area (TPSA) is 76.2 Å². The Balaban J connectivity index is 1.15. The maximum absolute atomic E-state index is 14.4. The van der Waals surface area contributed by atoms with Gasteiger partial charge in [-0.05, 0) is 93.9 Å². The molecule has 0 aromatic heterocycles. The summed E-state index contributed by atoms with van der Waals surface area (Å²) in [5.74, 6) is 2.51. The van der Waals surface area contributed by atoms with Crippen molar-refractivity contribution in [2.45, 2.75) is 140 Å². The predicted molar refractivity (Wildman–Crippen MR) is 191 cm³/mol. The number of hydrogen-bond acceptors (Lipinski definition) is 6. The average Bonchev–Trinajstić information content (AvgIpc) is 3.45. The van der Waals surface area contributed by atoms with Crippen LogP contribution < -0.4 is 9.47 Å². The van der Waals surface area contributed by atoms with Gasteiger partial charge in [-0.15, -0.1) is 0 Å². The van der Waals surface area contributed by atoms with Gasteiger partial charge < -0.3 is 14.4 Å². The smallest absolute Gasteiger partial charge is 0.308 e. The lowest BCUT2D eigenvalue weighted by Gasteiger charge is -2.60. The molecule has 264 valence electrons. The number of aryl methyl sites for hydroxylation is 1. The lowest BCUT2D eigenvalue weighted by atomic mass is 9.51. The number of carbonyl (C=O) groups is 3. The highest BCUT2D eigenvalue weighted by Gasteiger charge is 2.66. The number of benzene rings is 2. The van der Waals surface area contributed by atoms with Crippen LogP contribution >= 0.6 is 0 Å². The van der Waals surface area contributed by atoms with Gasteiger partial charge in [-0.2, -0.15) is 0 Å². The molecule has 0 unspecified atom stereocenters. The van der Waals surface area contributed by atoms with Crippen LogP contribution in [0.1, 0.15) is 120 Å². The number of amides is 1. The van der Waals surface area contributed by atoms with E-state index in [1.807, 2.05) is 6.07 Å². The molecule has 2 aromatic carbocycles. The molecule has 1 saturated heterocycles. The molecule has 49 heavy (non-hydrogen) atoms. The van der Waals surface area contributed by atoms with Crippen molar-refractivity contribution in [3.05, 3.63) is 59.2 Å². The molecular weight excluding hydrogens is 612 g/mol. The number of rotatable bonds is 14. The number of hydrogen-bond donors (Lipinski definition) is 0. The van der Waals surface area contributed by atoms with Crippen LogP contribution in [0.2, 0.25) is 0 Å². The Morgan fingerprint density at radius 3 is 2.53 bits per heavy atom. The van der Waals surface area contributed by atoms with E-state index in [0.717, 1.165) is 82.5 Å². The van der Waals surface area contributed by atoms with Gasteiger partial charge in [0.2, 0.25) is 5.91 Å². The molecule has 7 heteroatoms. The van der Waals surface area contributed by atoms with Crippen molar-refractivity contribution in [2.75, 3.05) is 19.6 Å². The minimum absolute atomic E-state index is 0.0395. The maximum atomic E-state index is 14.4. The molecule has 2 bridgehead atoms. The Bertz CT molecular complexity index is 1500. The summed E-state index contributed by atoms with van der Waals surface area (Å²) in [6.07, 6.45) is 17.2. The third-order valence-electron chi connectivity index (χ3n) is 12.7. The minimum Gasteiger partial charge on any atom is -0.483 e. The van der Waals surface area contributed by atoms with Gasteiger partial charge in [-0.25, -0.2) is 0 Å². The fourth-order valence-corrected chi connectivity index (χ4v) is 10.7. The Kier molecular flexibility index (Phi) is 10.5. The molecule has 0 radical (unpaired) electrons. The third kappa shape index (κ3) is 6.94. The molecule has 3 fully saturated rings. The van der Waals surface area contributed by atoms with Crippen LogP contribution in [0.3, 0.4) is 0 Å². The molecular formula is C42H56N2O5. The largest absolute Gasteiger partial charge is 0.483 e. The van der Waals surface area contributed by atoms with Gasteiger partial charge in [0, 0.05) is 36.9 Å². The number of unbranched alkanes of at least 4 members (excludes halogenated alkanes) is 2. The molecule has 2 heterocycles. The van der Waals surface area contributed by atoms with E-state index in [0.29, 0.717) is 24.6 Å². The van der Waals surface area contributed by atoms with Gasteiger partial charge in [-0.3, -0.25) is 19.3 Å². The zero-order chi connectivity index (χ0) is 34.0. The second-order valence-corrected chi connectivity index (χ2v) is 15.8. The van der Waals surface area contributed by atoms with Crippen molar-refractivity contribution in [1.29, 1.82) is 0 Å². The fraction of sp³-hybridized carbons (Fsp3) is 0.643. The second-order valence-electron chi connectivity index (χ2n) is 15.8. The van der Waals surface area contributed by atoms with E-state index in [1.165, 1.54) is 62.1 Å². The highest BCUT2D eigenvalue weighted by molar-refractivity contribution is 5.78. The summed E-state index contributed by atoms with van der Waals surface area (Å²) in [6, 6.07) is 14.9. The Morgan fingerprint density at radius 1 is 0.939 bits per heavy atom. The van der Waals surface area contributed by atoms with E-state index in [4.69, 9.17) is 9.47 Å². The van der Waals surface area contributed by atoms with Crippen molar-refractivity contribution in [1.82, 2.24) is 9.80 Å². The van der Waals surface area contributed by atoms with E-state index in [-0.39, 0.29) is 41.3 Å². The first-order valence-corrected chi connectivity index (χ1v) is 19.4. The van der Waals surface area contributed by atoms with Gasteiger partial charge in [-0.1, -0.05) is 81.3 Å². The number of likely N-dealkylation sites (tertiary alicyclic amines) is 1. The number of esters is 1. The van der Waals surface area contributed by atoms with E-state index in [9.17, 15) is 14.4 Å². The van der Waals surface area contributed by atoms with Gasteiger partial charge in [0.05, 0.1) is 12.6 Å². The summed E-state index contributed by atoms with van der Waals surface area (Å²) >= 11 is 0. The van der Waals surface area contributed by atoms with Gasteiger partial charge in [0.15, 0.2) is 11.5 Å². The summed E-state index contributed by atoms with van der Waals surface area (Å²) in [5.41, 5.74) is 3.54. The van der Waals surface area contributed by atoms with E-state index < -0.39 is 0 Å². The van der Waals surface area contributed by atoms with E-state index >= 15 is 0 Å². The molecule has 5 atom stereocenters. The fourth-order valence-electron chi connectivity index (χ4n) is 10.7. The monoisotopic (exact) mass is 668 g/mol. The molecule has 7 nitrogen and oxygen atoms in total. The maximum Gasteiger partial charge on any atom is 0.308 e. The average molecular weight is 669 g/mol. The molecule has 7 rings (SSSR count). The molecule has 2 aromatic rings. The van der Waals surface area contributed by atoms with Crippen molar-refractivity contribution in [3.8, 4) is 11.5 Å². The van der Waals surface area contributed by atoms with Crippen LogP contribution in [0.4, 0.5) is 0 Å². The van der Waals surface area contributed by atoms with Crippen LogP contribution in [-0.4, -0.2) is 65.3 Å². The normalized spacial score (nSPS) is 27.2. The standard InChI is InChI=1S/C42H56N2O5/c1-29(45)28-43-26-24-42-34-21-22-35(41(42)49-40-37(48-30(2)46)23-20-33(39(40)42)27-36(34)43)44(25-12-11-18-32-15-7-4-8-16-32)38(47)19-10-9-17-31-13-5-3-6-14-31/h4,7-8,15-16,20,23,31,34-36,41H,3,5-6,9-14,17-19,21-22,24-28H2,1-2H3/t34-,35-,36+,41-,42-/m0/s1. The molecule has 1 amide bonds. The third-order valence-corrected chi connectivity index (χ3v) is 12.7. The van der Waals surface area contributed by atoms with E-state index in [1.54, 1.807) is 6.92 Å². The summed E-state index contributed by atoms with van der Waals surface area (Å²) in [5, 5.41) is 0. The van der Waals surface area contributed by atoms with Crippen LogP contribution in [-0.2, 0) is 32.6 Å². The summed E-state index contributed by atoms with van der Waals surface area (Å²) in [7, 11) is 0. The molecule has 1 spiro atoms. The highest BCUT2D eigenvalue weighted by Crippen LogP contribution is 2.64. The highest BCUT2D eigenvalue weighted by atomic mass is 16.6. The SMILES string of the molecule is CC(=O)CN1CC[C@]23c4c5ccc(OC(C)=O)c4O[C@H]2[C@@H](N(CCCCc2ccccc2)C(=O)CCCCC2CCCCC2)CC[C@H]3[C@H]1C5. The minimum atomic E-state index is -0.353. The quantitative estimate of drug-likeness (QED) is 0.117. The lowest BCUT2D eigenvalue weighted by Crippen LogP contribution is -2.69. The summed E-state index contributed by atoms with van der Waals surface area (Å²) < 4.78 is 12.9. The van der Waals surface area contributed by atoms with Crippen LogP contribution in [0.25, 0.3) is 0 Å². The van der Waals surface area contributed by atoms with Gasteiger partial charge >= 0.3 is 5.97 Å². The second kappa shape index (κ2) is 15.0. The van der Waals surface area contributed by atoms with Crippen molar-refractivity contribution in [2.24, 2.45) is 11.8 Å². The Labute approximate surface area is 293 Å². The zero-order valence-corrected chi connectivity index (χ0v) is 29.8. The molecule has 0 N–H and O–H groups in total. The number of ketones is 1. The Morgan fingerprint density at radius 2 is 1.76 bits per heavy atom. The first kappa shape index (κ1) is 34.3. The van der Waals surface area contributed by atoms with Crippen molar-refractivity contribution >= 4 is 17.7 Å². The number of carbonyl (C=O) groups excluding carboxylic acids is 3. The first-order chi connectivity index (χ1) is 23.8. The number of piperidine rings is 1. The predicted octanol–water partition coefficient (Wildman–Crippen LogP) is 7.60. The Hall–Kier alpha value is -3.19. The number of ether oxygens (including phenoxy) is 2. The van der Waals surface area contributed by atoms with Crippen LogP contribution in [0, 0.1) is 11.8 Å². The van der Waals surface area contributed by atoms with Crippen molar-refractivity contribution < 1.29 is 23.9 Å². The molecule has 3 aliphatic carbocycles. The van der Waals surface area contributed by atoms with E-state index in [2.05, 4.69) is 46.2 Å². The molecule has 2 aliphatic heterocycles. The summed E-state index contributed by atoms with van der Waals surface area (Å²) in [4.78, 5) is 43.6.